The Morgan fingerprint density at radius 1 is 0.348 bits per heavy atom. The molecule has 0 bridgehead atoms. The van der Waals surface area contributed by atoms with Crippen LogP contribution in [0.25, 0.3) is 76.1 Å². The Morgan fingerprint density at radius 2 is 0.818 bits per heavy atom. The van der Waals surface area contributed by atoms with Crippen molar-refractivity contribution in [1.82, 2.24) is 19.9 Å². The van der Waals surface area contributed by atoms with Crippen molar-refractivity contribution < 1.29 is 0 Å². The molecule has 0 atom stereocenters. The van der Waals surface area contributed by atoms with Crippen molar-refractivity contribution in [1.29, 1.82) is 0 Å². The van der Waals surface area contributed by atoms with E-state index >= 15 is 0 Å². The molecule has 7 aromatic carbocycles. The fourth-order valence-electron chi connectivity index (χ4n) is 9.88. The number of thiophene rings is 2. The van der Waals surface area contributed by atoms with Gasteiger partial charge in [0.05, 0.1) is 37.1 Å². The number of nitrogens with zero attached hydrogens (tertiary/aromatic N) is 5. The normalized spacial score (nSPS) is 12.9. The molecule has 5 nitrogen and oxygen atoms in total. The second-order valence-electron chi connectivity index (χ2n) is 16.6. The summed E-state index contributed by atoms with van der Waals surface area (Å²) in [5.74, 6) is 1.86. The highest BCUT2D eigenvalue weighted by atomic mass is 32.1. The minimum absolute atomic E-state index is 0.567. The number of aromatic nitrogens is 4. The summed E-state index contributed by atoms with van der Waals surface area (Å²) in [4.78, 5) is 27.7. The van der Waals surface area contributed by atoms with E-state index in [4.69, 9.17) is 19.9 Å². The predicted molar refractivity (Wildman–Crippen MR) is 272 cm³/mol. The standard InChI is InChI=1S/C59H37N5S2/c1-4-17-38(18-5-1)39-30-32-42(33-31-39)57-61-56(41-21-8-3-9-22-41)62-58(63-57)43-23-16-24-44(35-43)64-50-28-12-10-25-45(50)59(46-26-11-13-29-51(46)64)47-36-52(40-19-6-2-7-20-40)65-54(47)55-48(59)37-53(66-55)49-27-14-15-34-60-49/h1-37H. The predicted octanol–water partition coefficient (Wildman–Crippen LogP) is 15.5. The number of pyridine rings is 1. The summed E-state index contributed by atoms with van der Waals surface area (Å²) in [5.41, 5.74) is 15.1. The van der Waals surface area contributed by atoms with E-state index in [1.807, 2.05) is 59.2 Å². The van der Waals surface area contributed by atoms with Crippen LogP contribution in [0.5, 0.6) is 0 Å². The van der Waals surface area contributed by atoms with Gasteiger partial charge < -0.3 is 4.90 Å². The lowest BCUT2D eigenvalue weighted by molar-refractivity contribution is 0.756. The van der Waals surface area contributed by atoms with Crippen LogP contribution in [-0.2, 0) is 5.41 Å². The van der Waals surface area contributed by atoms with Gasteiger partial charge in [0.2, 0.25) is 0 Å². The van der Waals surface area contributed by atoms with Gasteiger partial charge in [-0.15, -0.1) is 22.7 Å². The van der Waals surface area contributed by atoms with Crippen LogP contribution in [0, 0.1) is 0 Å². The molecular formula is C59H37N5S2. The quantitative estimate of drug-likeness (QED) is 0.160. The third-order valence-corrected chi connectivity index (χ3v) is 15.3. The van der Waals surface area contributed by atoms with Gasteiger partial charge in [-0.3, -0.25) is 4.98 Å². The van der Waals surface area contributed by atoms with Crippen molar-refractivity contribution in [3.8, 4) is 76.1 Å². The molecule has 1 aliphatic heterocycles. The van der Waals surface area contributed by atoms with Gasteiger partial charge in [-0.2, -0.15) is 0 Å². The molecule has 11 aromatic rings. The molecule has 0 unspecified atom stereocenters. The highest BCUT2D eigenvalue weighted by Crippen LogP contribution is 2.67. The van der Waals surface area contributed by atoms with Crippen molar-refractivity contribution in [3.05, 3.63) is 247 Å². The van der Waals surface area contributed by atoms with E-state index in [1.165, 1.54) is 52.9 Å². The second-order valence-corrected chi connectivity index (χ2v) is 18.7. The molecule has 4 aromatic heterocycles. The average molecular weight is 880 g/mol. The first-order valence-electron chi connectivity index (χ1n) is 22.0. The summed E-state index contributed by atoms with van der Waals surface area (Å²) >= 11 is 3.75. The SMILES string of the molecule is c1ccc(-c2ccc(-c3nc(-c4ccccc4)nc(-c4cccc(N5c6ccccc6C6(c7ccccc75)c5cc(-c7ccccc7)sc5-c5sc(-c7ccccn7)cc56)c4)n3)cc2)cc1. The topological polar surface area (TPSA) is 54.8 Å². The van der Waals surface area contributed by atoms with Crippen molar-refractivity contribution in [2.45, 2.75) is 5.41 Å². The molecule has 0 fully saturated rings. The van der Waals surface area contributed by atoms with Crippen molar-refractivity contribution in [2.24, 2.45) is 0 Å². The number of rotatable bonds is 7. The zero-order valence-corrected chi connectivity index (χ0v) is 37.0. The summed E-state index contributed by atoms with van der Waals surface area (Å²) < 4.78 is 0. The number of hydrogen-bond donors (Lipinski definition) is 0. The van der Waals surface area contributed by atoms with E-state index in [0.29, 0.717) is 17.5 Å². The monoisotopic (exact) mass is 879 g/mol. The van der Waals surface area contributed by atoms with Gasteiger partial charge in [-0.25, -0.2) is 15.0 Å². The van der Waals surface area contributed by atoms with E-state index in [2.05, 4.69) is 193 Å². The number of hydrogen-bond acceptors (Lipinski definition) is 7. The van der Waals surface area contributed by atoms with Crippen LogP contribution in [-0.4, -0.2) is 19.9 Å². The molecule has 66 heavy (non-hydrogen) atoms. The van der Waals surface area contributed by atoms with Gasteiger partial charge in [0.25, 0.3) is 0 Å². The number of para-hydroxylation sites is 2. The molecule has 0 radical (unpaired) electrons. The van der Waals surface area contributed by atoms with Gasteiger partial charge in [0.1, 0.15) is 0 Å². The van der Waals surface area contributed by atoms with Crippen LogP contribution in [0.15, 0.2) is 225 Å². The third kappa shape index (κ3) is 6.12. The molecule has 0 N–H and O–H groups in total. The lowest BCUT2D eigenvalue weighted by Crippen LogP contribution is -2.35. The molecule has 310 valence electrons. The van der Waals surface area contributed by atoms with Crippen molar-refractivity contribution in [2.75, 3.05) is 4.90 Å². The van der Waals surface area contributed by atoms with Gasteiger partial charge in [0.15, 0.2) is 17.5 Å². The summed E-state index contributed by atoms with van der Waals surface area (Å²) in [6, 6.07) is 77.6. The Bertz CT molecular complexity index is 3450. The fraction of sp³-hybridized carbons (Fsp3) is 0.0169. The third-order valence-electron chi connectivity index (χ3n) is 12.8. The fourth-order valence-corrected chi connectivity index (χ4v) is 12.5. The van der Waals surface area contributed by atoms with E-state index in [9.17, 15) is 0 Å². The highest BCUT2D eigenvalue weighted by Gasteiger charge is 2.53. The number of fused-ring (bicyclic) bond motifs is 9. The molecule has 0 saturated carbocycles. The maximum absolute atomic E-state index is 5.20. The van der Waals surface area contributed by atoms with Gasteiger partial charge in [-0.1, -0.05) is 170 Å². The van der Waals surface area contributed by atoms with Gasteiger partial charge in [-0.05, 0) is 87.5 Å². The van der Waals surface area contributed by atoms with E-state index in [1.54, 1.807) is 0 Å². The van der Waals surface area contributed by atoms with Crippen molar-refractivity contribution >= 4 is 39.7 Å². The Labute approximate surface area is 390 Å². The minimum Gasteiger partial charge on any atom is -0.310 e. The highest BCUT2D eigenvalue weighted by molar-refractivity contribution is 7.25. The molecule has 0 saturated heterocycles. The first kappa shape index (κ1) is 38.4. The number of anilines is 3. The molecule has 5 heterocycles. The van der Waals surface area contributed by atoms with Gasteiger partial charge in [0, 0.05) is 33.5 Å². The average Bonchev–Trinajstić information content (AvgIpc) is 4.10. The smallest absolute Gasteiger partial charge is 0.164 e. The summed E-state index contributed by atoms with van der Waals surface area (Å²) in [6.45, 7) is 0. The minimum atomic E-state index is -0.567. The zero-order valence-electron chi connectivity index (χ0n) is 35.4. The van der Waals surface area contributed by atoms with E-state index in [0.717, 1.165) is 45.0 Å². The second kappa shape index (κ2) is 15.6. The van der Waals surface area contributed by atoms with Crippen LogP contribution in [0.4, 0.5) is 17.1 Å². The first-order valence-corrected chi connectivity index (χ1v) is 23.7. The Hall–Kier alpha value is -8.10. The molecular weight excluding hydrogens is 843 g/mol. The lowest BCUT2D eigenvalue weighted by atomic mass is 9.65. The molecule has 1 aliphatic carbocycles. The van der Waals surface area contributed by atoms with Crippen LogP contribution < -0.4 is 4.90 Å². The van der Waals surface area contributed by atoms with Crippen molar-refractivity contribution in [3.63, 3.8) is 0 Å². The Morgan fingerprint density at radius 3 is 1.44 bits per heavy atom. The summed E-state index contributed by atoms with van der Waals surface area (Å²) in [6.07, 6.45) is 1.89. The zero-order chi connectivity index (χ0) is 43.6. The van der Waals surface area contributed by atoms with Crippen LogP contribution >= 0.6 is 22.7 Å². The summed E-state index contributed by atoms with van der Waals surface area (Å²) in [5, 5.41) is 0. The summed E-state index contributed by atoms with van der Waals surface area (Å²) in [7, 11) is 0. The maximum Gasteiger partial charge on any atom is 0.164 e. The molecule has 0 amide bonds. The Kier molecular flexibility index (Phi) is 9.04. The largest absolute Gasteiger partial charge is 0.310 e. The van der Waals surface area contributed by atoms with Gasteiger partial charge >= 0.3 is 0 Å². The maximum atomic E-state index is 5.20. The molecule has 2 aliphatic rings. The van der Waals surface area contributed by atoms with E-state index < -0.39 is 5.41 Å². The van der Waals surface area contributed by atoms with Crippen LogP contribution in [0.3, 0.4) is 0 Å². The first-order chi connectivity index (χ1) is 32.7. The molecule has 13 rings (SSSR count). The number of benzene rings is 7. The molecule has 7 heteroatoms. The van der Waals surface area contributed by atoms with Crippen LogP contribution in [0.2, 0.25) is 0 Å². The van der Waals surface area contributed by atoms with Crippen LogP contribution in [0.1, 0.15) is 22.3 Å². The van der Waals surface area contributed by atoms with E-state index in [-0.39, 0.29) is 0 Å². The molecule has 1 spiro atoms. The Balaban J connectivity index is 0.979. The lowest BCUT2D eigenvalue weighted by Gasteiger charge is -2.44.